The highest BCUT2D eigenvalue weighted by atomic mass is 79.9. The summed E-state index contributed by atoms with van der Waals surface area (Å²) in [5.74, 6) is 0.720. The average Bonchev–Trinajstić information content (AvgIpc) is 2.96. The highest BCUT2D eigenvalue weighted by molar-refractivity contribution is 9.10. The van der Waals surface area contributed by atoms with Crippen LogP contribution in [0.1, 0.15) is 31.1 Å². The first-order valence-corrected chi connectivity index (χ1v) is 10.3. The molecule has 1 aromatic heterocycles. The quantitative estimate of drug-likeness (QED) is 0.376. The van der Waals surface area contributed by atoms with Crippen LogP contribution in [0.5, 0.6) is 11.5 Å². The van der Waals surface area contributed by atoms with Gasteiger partial charge in [0.15, 0.2) is 5.75 Å². The zero-order valence-corrected chi connectivity index (χ0v) is 18.4. The smallest absolute Gasteiger partial charge is 0.409 e. The lowest BCUT2D eigenvalue weighted by molar-refractivity contribution is -0.160. The Balaban J connectivity index is 1.83. The Morgan fingerprint density at radius 3 is 2.41 bits per heavy atom. The number of halogens is 6. The minimum absolute atomic E-state index is 0.139. The van der Waals surface area contributed by atoms with Crippen LogP contribution in [0.25, 0.3) is 10.9 Å². The van der Waals surface area contributed by atoms with Crippen molar-refractivity contribution in [3.05, 3.63) is 56.1 Å². The summed E-state index contributed by atoms with van der Waals surface area (Å²) in [5, 5.41) is 3.94. The lowest BCUT2D eigenvalue weighted by Gasteiger charge is -2.36. The van der Waals surface area contributed by atoms with Crippen LogP contribution in [0, 0.1) is 0 Å². The molecule has 0 saturated carbocycles. The van der Waals surface area contributed by atoms with E-state index in [4.69, 9.17) is 27.9 Å². The van der Waals surface area contributed by atoms with Gasteiger partial charge in [-0.1, -0.05) is 53.0 Å². The van der Waals surface area contributed by atoms with Gasteiger partial charge in [-0.2, -0.15) is 13.2 Å². The monoisotopic (exact) mass is 506 g/mol. The Hall–Kier alpha value is -1.41. The summed E-state index contributed by atoms with van der Waals surface area (Å²) in [7, 11) is 0. The normalized spacial score (nSPS) is 18.7. The maximum Gasteiger partial charge on any atom is 0.409 e. The largest absolute Gasteiger partial charge is 0.454 e. The zero-order valence-electron chi connectivity index (χ0n) is 15.3. The van der Waals surface area contributed by atoms with Gasteiger partial charge in [0.05, 0.1) is 10.0 Å². The number of hydrogen-bond donors (Lipinski definition) is 2. The molecular weight excluding hydrogens is 492 g/mol. The van der Waals surface area contributed by atoms with Crippen LogP contribution in [0.3, 0.4) is 0 Å². The Labute approximate surface area is 183 Å². The maximum atomic E-state index is 13.5. The van der Waals surface area contributed by atoms with Gasteiger partial charge in [0, 0.05) is 33.0 Å². The van der Waals surface area contributed by atoms with E-state index in [0.29, 0.717) is 36.7 Å². The molecule has 4 rings (SSSR count). The third kappa shape index (κ3) is 3.74. The first-order chi connectivity index (χ1) is 13.5. The molecule has 3 aromatic rings. The maximum absolute atomic E-state index is 13.5. The molecular formula is C20H16BrCl2F3N2O. The topological polar surface area (TPSA) is 37.0 Å². The predicted octanol–water partition coefficient (Wildman–Crippen LogP) is 7.51. The first kappa shape index (κ1) is 20.8. The van der Waals surface area contributed by atoms with Gasteiger partial charge in [0.1, 0.15) is 11.8 Å². The number of ether oxygens (including phenoxy) is 1. The van der Waals surface area contributed by atoms with Crippen molar-refractivity contribution in [2.75, 3.05) is 6.54 Å². The van der Waals surface area contributed by atoms with Gasteiger partial charge < -0.3 is 15.0 Å². The third-order valence-corrected chi connectivity index (χ3v) is 6.04. The summed E-state index contributed by atoms with van der Waals surface area (Å²) >= 11 is 15.8. The van der Waals surface area contributed by atoms with Crippen molar-refractivity contribution in [2.45, 2.75) is 31.5 Å². The highest BCUT2D eigenvalue weighted by Crippen LogP contribution is 2.46. The number of benzene rings is 2. The summed E-state index contributed by atoms with van der Waals surface area (Å²) in [5.41, 5.74) is 0.884. The summed E-state index contributed by atoms with van der Waals surface area (Å²) in [4.78, 5) is 2.95. The minimum Gasteiger partial charge on any atom is -0.454 e. The fraction of sp³-hybridized carbons (Fsp3) is 0.300. The second-order valence-electron chi connectivity index (χ2n) is 7.66. The van der Waals surface area contributed by atoms with Crippen molar-refractivity contribution in [1.82, 2.24) is 10.3 Å². The van der Waals surface area contributed by atoms with Crippen LogP contribution in [0.2, 0.25) is 10.0 Å². The van der Waals surface area contributed by atoms with Crippen molar-refractivity contribution < 1.29 is 17.9 Å². The van der Waals surface area contributed by atoms with Gasteiger partial charge in [-0.05, 0) is 35.9 Å². The molecule has 0 aliphatic carbocycles. The van der Waals surface area contributed by atoms with E-state index in [1.165, 1.54) is 0 Å². The first-order valence-electron chi connectivity index (χ1n) is 8.76. The van der Waals surface area contributed by atoms with E-state index in [9.17, 15) is 13.2 Å². The number of aromatic amines is 1. The van der Waals surface area contributed by atoms with E-state index in [0.717, 1.165) is 0 Å². The number of fused-ring (bicyclic) bond motifs is 3. The van der Waals surface area contributed by atoms with Crippen LogP contribution in [-0.4, -0.2) is 17.7 Å². The standard InChI is InChI=1S/C20H16BrCl2F3N2O/c1-19(2)8-27-18(20(24,25)26)16-15(19)11-7-10(3-4-14(11)28-16)29-17-12(22)5-9(21)6-13(17)23/h3-7,18,27-28H,8H2,1-2H3. The molecule has 2 aromatic carbocycles. The lowest BCUT2D eigenvalue weighted by Crippen LogP contribution is -2.46. The fourth-order valence-electron chi connectivity index (χ4n) is 3.77. The number of alkyl halides is 3. The molecule has 0 bridgehead atoms. The van der Waals surface area contributed by atoms with Crippen LogP contribution in [0.4, 0.5) is 13.2 Å². The summed E-state index contributed by atoms with van der Waals surface area (Å²) in [6.45, 7) is 4.02. The molecule has 1 unspecified atom stereocenters. The predicted molar refractivity (Wildman–Crippen MR) is 112 cm³/mol. The molecule has 0 saturated heterocycles. The Morgan fingerprint density at radius 1 is 1.14 bits per heavy atom. The van der Waals surface area contributed by atoms with Crippen LogP contribution >= 0.6 is 39.1 Å². The Kier molecular flexibility index (Phi) is 5.09. The average molecular weight is 508 g/mol. The molecule has 154 valence electrons. The van der Waals surface area contributed by atoms with Crippen LogP contribution in [-0.2, 0) is 5.41 Å². The molecule has 1 aliphatic heterocycles. The SMILES string of the molecule is CC1(C)CNC(C(F)(F)F)c2[nH]c3ccc(Oc4c(Cl)cc(Br)cc4Cl)cc3c21. The van der Waals surface area contributed by atoms with Gasteiger partial charge in [-0.15, -0.1) is 0 Å². The zero-order chi connectivity index (χ0) is 21.1. The van der Waals surface area contributed by atoms with Crippen molar-refractivity contribution in [3.8, 4) is 11.5 Å². The highest BCUT2D eigenvalue weighted by Gasteiger charge is 2.48. The summed E-state index contributed by atoms with van der Waals surface area (Å²) in [6, 6.07) is 6.66. The van der Waals surface area contributed by atoms with E-state index in [1.807, 2.05) is 13.8 Å². The van der Waals surface area contributed by atoms with Crippen LogP contribution in [0.15, 0.2) is 34.8 Å². The summed E-state index contributed by atoms with van der Waals surface area (Å²) in [6.07, 6.45) is -4.40. The van der Waals surface area contributed by atoms with E-state index in [2.05, 4.69) is 26.2 Å². The number of rotatable bonds is 2. The van der Waals surface area contributed by atoms with E-state index in [1.54, 1.807) is 30.3 Å². The van der Waals surface area contributed by atoms with Crippen molar-refractivity contribution in [1.29, 1.82) is 0 Å². The molecule has 3 nitrogen and oxygen atoms in total. The van der Waals surface area contributed by atoms with E-state index >= 15 is 0 Å². The second-order valence-corrected chi connectivity index (χ2v) is 9.39. The molecule has 1 aliphatic rings. The number of H-pyrrole nitrogens is 1. The van der Waals surface area contributed by atoms with E-state index in [-0.39, 0.29) is 18.0 Å². The third-order valence-electron chi connectivity index (χ3n) is 5.02. The molecule has 2 heterocycles. The molecule has 29 heavy (non-hydrogen) atoms. The Morgan fingerprint density at radius 2 is 1.79 bits per heavy atom. The van der Waals surface area contributed by atoms with Crippen molar-refractivity contribution in [3.63, 3.8) is 0 Å². The lowest BCUT2D eigenvalue weighted by atomic mass is 9.78. The molecule has 0 fully saturated rings. The molecule has 2 N–H and O–H groups in total. The van der Waals surface area contributed by atoms with E-state index < -0.39 is 17.6 Å². The molecule has 9 heteroatoms. The molecule has 1 atom stereocenters. The summed E-state index contributed by atoms with van der Waals surface area (Å²) < 4.78 is 47.2. The molecule has 0 radical (unpaired) electrons. The molecule has 0 spiro atoms. The number of nitrogens with one attached hydrogen (secondary N) is 2. The number of aromatic nitrogens is 1. The minimum atomic E-state index is -4.40. The molecule has 0 amide bonds. The van der Waals surface area contributed by atoms with Crippen molar-refractivity contribution >= 4 is 50.0 Å². The van der Waals surface area contributed by atoms with Gasteiger partial charge in [0.2, 0.25) is 0 Å². The van der Waals surface area contributed by atoms with Gasteiger partial charge >= 0.3 is 6.18 Å². The Bertz CT molecular complexity index is 1090. The van der Waals surface area contributed by atoms with Crippen LogP contribution < -0.4 is 10.1 Å². The fourth-order valence-corrected chi connectivity index (χ4v) is 5.06. The van der Waals surface area contributed by atoms with Gasteiger partial charge in [-0.3, -0.25) is 0 Å². The number of hydrogen-bond acceptors (Lipinski definition) is 2. The van der Waals surface area contributed by atoms with Gasteiger partial charge in [-0.25, -0.2) is 0 Å². The second kappa shape index (κ2) is 7.08. The van der Waals surface area contributed by atoms with Gasteiger partial charge in [0.25, 0.3) is 0 Å². The van der Waals surface area contributed by atoms with Crippen molar-refractivity contribution in [2.24, 2.45) is 0 Å².